The Morgan fingerprint density at radius 2 is 1.97 bits per heavy atom. The summed E-state index contributed by atoms with van der Waals surface area (Å²) in [7, 11) is 2.12. The smallest absolute Gasteiger partial charge is 0.137 e. The summed E-state index contributed by atoms with van der Waals surface area (Å²) in [6, 6.07) is 12.3. The molecule has 1 aliphatic carbocycles. The van der Waals surface area contributed by atoms with E-state index in [9.17, 15) is 5.11 Å². The third-order valence-electron chi connectivity index (χ3n) is 5.60. The van der Waals surface area contributed by atoms with Gasteiger partial charge in [-0.15, -0.1) is 0 Å². The molecule has 0 radical (unpaired) electrons. The first-order chi connectivity index (χ1) is 14.7. The second-order valence-corrected chi connectivity index (χ2v) is 8.02. The minimum Gasteiger partial charge on any atom is -0.491 e. The Balaban J connectivity index is 1.37. The highest BCUT2D eigenvalue weighted by Crippen LogP contribution is 2.22. The van der Waals surface area contributed by atoms with Crippen LogP contribution in [0.3, 0.4) is 0 Å². The number of likely N-dealkylation sites (N-methyl/N-ethyl adjacent to an activating group) is 1. The number of hydrogen-bond donors (Lipinski definition) is 2. The summed E-state index contributed by atoms with van der Waals surface area (Å²) >= 11 is 0. The molecule has 1 atom stereocenters. The van der Waals surface area contributed by atoms with Crippen LogP contribution in [-0.4, -0.2) is 60.5 Å². The maximum Gasteiger partial charge on any atom is 0.137 e. The van der Waals surface area contributed by atoms with Crippen LogP contribution in [0.5, 0.6) is 11.5 Å². The van der Waals surface area contributed by atoms with Gasteiger partial charge < -0.3 is 24.8 Å². The van der Waals surface area contributed by atoms with Gasteiger partial charge in [0.1, 0.15) is 30.8 Å². The molecule has 0 saturated heterocycles. The zero-order valence-corrected chi connectivity index (χ0v) is 18.0. The van der Waals surface area contributed by atoms with Crippen molar-refractivity contribution < 1.29 is 14.6 Å². The van der Waals surface area contributed by atoms with E-state index >= 15 is 0 Å². The molecule has 1 fully saturated rings. The molecule has 30 heavy (non-hydrogen) atoms. The van der Waals surface area contributed by atoms with Gasteiger partial charge in [-0.05, 0) is 38.1 Å². The largest absolute Gasteiger partial charge is 0.491 e. The Kier molecular flexibility index (Phi) is 9.41. The van der Waals surface area contributed by atoms with E-state index in [0.717, 1.165) is 23.6 Å². The standard InChI is InChI=1S/C24H35N3O3/c1-27(21-9-3-2-4-10-21)18-22(28)19-30-24-12-6-5-8-20(24)16-26-14-15-29-23-11-7-13-25-17-23/h5-8,11-13,17,21-22,26,28H,2-4,9-10,14-16,18-19H2,1H3. The normalized spacial score (nSPS) is 15.8. The minimum atomic E-state index is -0.495. The third kappa shape index (κ3) is 7.59. The van der Waals surface area contributed by atoms with Crippen LogP contribution in [0, 0.1) is 0 Å². The van der Waals surface area contributed by atoms with Crippen molar-refractivity contribution in [2.75, 3.05) is 33.4 Å². The summed E-state index contributed by atoms with van der Waals surface area (Å²) in [5.74, 6) is 1.59. The fourth-order valence-corrected chi connectivity index (χ4v) is 3.93. The highest BCUT2D eigenvalue weighted by molar-refractivity contribution is 5.33. The third-order valence-corrected chi connectivity index (χ3v) is 5.60. The lowest BCUT2D eigenvalue weighted by Gasteiger charge is -2.32. The van der Waals surface area contributed by atoms with E-state index in [1.54, 1.807) is 12.4 Å². The number of aromatic nitrogens is 1. The number of pyridine rings is 1. The van der Waals surface area contributed by atoms with Gasteiger partial charge in [-0.25, -0.2) is 0 Å². The van der Waals surface area contributed by atoms with Crippen LogP contribution in [0.4, 0.5) is 0 Å². The Morgan fingerprint density at radius 1 is 1.13 bits per heavy atom. The molecule has 1 saturated carbocycles. The molecular weight excluding hydrogens is 378 g/mol. The quantitative estimate of drug-likeness (QED) is 0.521. The number of hydrogen-bond acceptors (Lipinski definition) is 6. The topological polar surface area (TPSA) is 66.9 Å². The number of aliphatic hydroxyl groups is 1. The van der Waals surface area contributed by atoms with Crippen LogP contribution < -0.4 is 14.8 Å². The van der Waals surface area contributed by atoms with Gasteiger partial charge >= 0.3 is 0 Å². The molecule has 1 aromatic carbocycles. The van der Waals surface area contributed by atoms with Gasteiger partial charge in [0.05, 0.1) is 6.20 Å². The highest BCUT2D eigenvalue weighted by atomic mass is 16.5. The maximum absolute atomic E-state index is 10.5. The van der Waals surface area contributed by atoms with Crippen molar-refractivity contribution in [2.45, 2.75) is 50.8 Å². The van der Waals surface area contributed by atoms with Gasteiger partial charge in [-0.1, -0.05) is 37.5 Å². The Hall–Kier alpha value is -2.15. The maximum atomic E-state index is 10.5. The SMILES string of the molecule is CN(CC(O)COc1ccccc1CNCCOc1cccnc1)C1CCCCC1. The molecule has 164 valence electrons. The predicted molar refractivity (Wildman–Crippen MR) is 119 cm³/mol. The molecule has 3 rings (SSSR count). The van der Waals surface area contributed by atoms with Crippen molar-refractivity contribution in [1.29, 1.82) is 0 Å². The van der Waals surface area contributed by atoms with E-state index in [-0.39, 0.29) is 0 Å². The van der Waals surface area contributed by atoms with Crippen LogP contribution >= 0.6 is 0 Å². The van der Waals surface area contributed by atoms with Gasteiger partial charge in [0.15, 0.2) is 0 Å². The Labute approximate surface area is 180 Å². The van der Waals surface area contributed by atoms with Gasteiger partial charge in [0.2, 0.25) is 0 Å². The van der Waals surface area contributed by atoms with E-state index < -0.39 is 6.10 Å². The van der Waals surface area contributed by atoms with Crippen LogP contribution in [0.25, 0.3) is 0 Å². The van der Waals surface area contributed by atoms with E-state index in [1.807, 2.05) is 36.4 Å². The number of nitrogens with zero attached hydrogens (tertiary/aromatic N) is 2. The molecule has 0 aliphatic heterocycles. The molecule has 1 heterocycles. The zero-order chi connectivity index (χ0) is 21.0. The van der Waals surface area contributed by atoms with Crippen molar-refractivity contribution in [3.05, 3.63) is 54.4 Å². The van der Waals surface area contributed by atoms with Gasteiger partial charge in [0.25, 0.3) is 0 Å². The number of ether oxygens (including phenoxy) is 2. The molecule has 0 amide bonds. The van der Waals surface area contributed by atoms with E-state index in [4.69, 9.17) is 9.47 Å². The van der Waals surface area contributed by atoms with Gasteiger partial charge in [-0.2, -0.15) is 0 Å². The first kappa shape index (κ1) is 22.5. The molecule has 6 heteroatoms. The molecule has 0 bridgehead atoms. The molecule has 1 unspecified atom stereocenters. The number of para-hydroxylation sites is 1. The lowest BCUT2D eigenvalue weighted by atomic mass is 9.94. The number of nitrogens with one attached hydrogen (secondary N) is 1. The van der Waals surface area contributed by atoms with Crippen LogP contribution in [0.1, 0.15) is 37.7 Å². The van der Waals surface area contributed by atoms with Crippen LogP contribution in [-0.2, 0) is 6.54 Å². The van der Waals surface area contributed by atoms with Crippen molar-refractivity contribution in [3.63, 3.8) is 0 Å². The van der Waals surface area contributed by atoms with Gasteiger partial charge in [-0.3, -0.25) is 4.98 Å². The zero-order valence-electron chi connectivity index (χ0n) is 18.0. The Morgan fingerprint density at radius 3 is 2.77 bits per heavy atom. The van der Waals surface area contributed by atoms with Crippen molar-refractivity contribution in [3.8, 4) is 11.5 Å². The molecule has 2 N–H and O–H groups in total. The lowest BCUT2D eigenvalue weighted by Crippen LogP contribution is -2.40. The first-order valence-corrected chi connectivity index (χ1v) is 11.0. The summed E-state index contributed by atoms with van der Waals surface area (Å²) in [5, 5.41) is 13.8. The van der Waals surface area contributed by atoms with Crippen molar-refractivity contribution >= 4 is 0 Å². The molecule has 6 nitrogen and oxygen atoms in total. The highest BCUT2D eigenvalue weighted by Gasteiger charge is 2.20. The van der Waals surface area contributed by atoms with Crippen LogP contribution in [0.2, 0.25) is 0 Å². The van der Waals surface area contributed by atoms with Crippen LogP contribution in [0.15, 0.2) is 48.8 Å². The lowest BCUT2D eigenvalue weighted by molar-refractivity contribution is 0.0558. The minimum absolute atomic E-state index is 0.304. The molecular formula is C24H35N3O3. The van der Waals surface area contributed by atoms with Crippen molar-refractivity contribution in [2.24, 2.45) is 0 Å². The fraction of sp³-hybridized carbons (Fsp3) is 0.542. The summed E-state index contributed by atoms with van der Waals surface area (Å²) in [4.78, 5) is 6.33. The second-order valence-electron chi connectivity index (χ2n) is 8.02. The van der Waals surface area contributed by atoms with E-state index in [1.165, 1.54) is 32.1 Å². The average molecular weight is 414 g/mol. The molecule has 1 aromatic heterocycles. The van der Waals surface area contributed by atoms with Gasteiger partial charge in [0, 0.05) is 37.4 Å². The summed E-state index contributed by atoms with van der Waals surface area (Å²) in [6.45, 7) is 2.93. The molecule has 0 spiro atoms. The molecule has 2 aromatic rings. The number of rotatable bonds is 12. The number of benzene rings is 1. The number of aliphatic hydroxyl groups excluding tert-OH is 1. The van der Waals surface area contributed by atoms with E-state index in [0.29, 0.717) is 32.3 Å². The summed E-state index contributed by atoms with van der Waals surface area (Å²) < 4.78 is 11.6. The Bertz CT molecular complexity index is 723. The predicted octanol–water partition coefficient (Wildman–Crippen LogP) is 3.25. The second kappa shape index (κ2) is 12.5. The fourth-order valence-electron chi connectivity index (χ4n) is 3.93. The monoisotopic (exact) mass is 413 g/mol. The van der Waals surface area contributed by atoms with Crippen molar-refractivity contribution in [1.82, 2.24) is 15.2 Å². The molecule has 1 aliphatic rings. The first-order valence-electron chi connectivity index (χ1n) is 11.0. The van der Waals surface area contributed by atoms with E-state index in [2.05, 4.69) is 22.2 Å². The summed E-state index contributed by atoms with van der Waals surface area (Å²) in [6.07, 6.45) is 9.37. The average Bonchev–Trinajstić information content (AvgIpc) is 2.79. The summed E-state index contributed by atoms with van der Waals surface area (Å²) in [5.41, 5.74) is 1.08.